The molecule has 1 aromatic rings. The number of hydrogen-bond acceptors (Lipinski definition) is 5. The van der Waals surface area contributed by atoms with Crippen LogP contribution in [-0.2, 0) is 4.79 Å². The molecule has 0 radical (unpaired) electrons. The van der Waals surface area contributed by atoms with Crippen LogP contribution in [0.3, 0.4) is 0 Å². The van der Waals surface area contributed by atoms with E-state index in [0.717, 1.165) is 22.1 Å². The Morgan fingerprint density at radius 1 is 1.38 bits per heavy atom. The van der Waals surface area contributed by atoms with Crippen LogP contribution >= 0.6 is 11.8 Å². The van der Waals surface area contributed by atoms with Crippen molar-refractivity contribution in [3.8, 4) is 11.5 Å². The summed E-state index contributed by atoms with van der Waals surface area (Å²) in [5.41, 5.74) is 5.57. The van der Waals surface area contributed by atoms with Gasteiger partial charge in [-0.2, -0.15) is 0 Å². The lowest BCUT2D eigenvalue weighted by atomic mass is 10.3. The van der Waals surface area contributed by atoms with Crippen LogP contribution in [0.4, 0.5) is 0 Å². The summed E-state index contributed by atoms with van der Waals surface area (Å²) in [7, 11) is 1.80. The number of carbonyl (C=O) groups is 1. The molecule has 1 aliphatic rings. The molecule has 2 rings (SSSR count). The van der Waals surface area contributed by atoms with E-state index < -0.39 is 0 Å². The third-order valence-corrected chi connectivity index (χ3v) is 4.49. The summed E-state index contributed by atoms with van der Waals surface area (Å²) in [6.45, 7) is 3.62. The van der Waals surface area contributed by atoms with Crippen LogP contribution in [0.1, 0.15) is 13.3 Å². The Bertz CT molecular complexity index is 496. The number of likely N-dealkylation sites (N-methyl/N-ethyl adjacent to an activating group) is 1. The van der Waals surface area contributed by atoms with Gasteiger partial charge >= 0.3 is 0 Å². The van der Waals surface area contributed by atoms with Crippen molar-refractivity contribution in [2.45, 2.75) is 24.3 Å². The van der Waals surface area contributed by atoms with Crippen LogP contribution in [0.5, 0.6) is 11.5 Å². The van der Waals surface area contributed by atoms with Gasteiger partial charge < -0.3 is 20.1 Å². The molecular formula is C15H22N2O3S. The second kappa shape index (κ2) is 7.56. The molecule has 1 aliphatic heterocycles. The van der Waals surface area contributed by atoms with Gasteiger partial charge in [-0.3, -0.25) is 4.79 Å². The minimum absolute atomic E-state index is 0.0804. The van der Waals surface area contributed by atoms with Gasteiger partial charge in [0, 0.05) is 36.7 Å². The predicted octanol–water partition coefficient (Wildman–Crippen LogP) is 1.75. The summed E-state index contributed by atoms with van der Waals surface area (Å²) in [6.07, 6.45) is 0.500. The maximum atomic E-state index is 12.0. The molecule has 0 aromatic heterocycles. The summed E-state index contributed by atoms with van der Waals surface area (Å²) >= 11 is 1.64. The maximum Gasteiger partial charge on any atom is 0.223 e. The van der Waals surface area contributed by atoms with E-state index in [1.165, 1.54) is 0 Å². The third kappa shape index (κ3) is 4.28. The Labute approximate surface area is 129 Å². The number of hydrogen-bond donors (Lipinski definition) is 1. The molecule has 0 bridgehead atoms. The number of fused-ring (bicyclic) bond motifs is 1. The number of ether oxygens (including phenoxy) is 2. The number of thioether (sulfide) groups is 1. The monoisotopic (exact) mass is 310 g/mol. The van der Waals surface area contributed by atoms with Gasteiger partial charge in [-0.25, -0.2) is 0 Å². The van der Waals surface area contributed by atoms with E-state index in [1.807, 2.05) is 25.1 Å². The number of rotatable bonds is 6. The van der Waals surface area contributed by atoms with E-state index in [9.17, 15) is 4.79 Å². The van der Waals surface area contributed by atoms with Crippen molar-refractivity contribution in [1.29, 1.82) is 0 Å². The largest absolute Gasteiger partial charge is 0.486 e. The highest BCUT2D eigenvalue weighted by Crippen LogP contribution is 2.34. The van der Waals surface area contributed by atoms with Crippen molar-refractivity contribution in [2.24, 2.45) is 5.73 Å². The van der Waals surface area contributed by atoms with Crippen molar-refractivity contribution in [1.82, 2.24) is 4.90 Å². The number of carbonyl (C=O) groups excluding carboxylic acids is 1. The molecule has 2 N–H and O–H groups in total. The molecule has 1 aromatic carbocycles. The first-order chi connectivity index (χ1) is 10.1. The molecule has 0 saturated heterocycles. The molecule has 21 heavy (non-hydrogen) atoms. The van der Waals surface area contributed by atoms with E-state index in [1.54, 1.807) is 23.7 Å². The Balaban J connectivity index is 1.82. The number of nitrogens with two attached hydrogens (primary N) is 1. The Morgan fingerprint density at radius 2 is 2.10 bits per heavy atom. The van der Waals surface area contributed by atoms with E-state index in [0.29, 0.717) is 26.2 Å². The average Bonchev–Trinajstić information content (AvgIpc) is 2.53. The fourth-order valence-electron chi connectivity index (χ4n) is 1.95. The highest BCUT2D eigenvalue weighted by molar-refractivity contribution is 7.99. The number of nitrogens with zero attached hydrogens (tertiary/aromatic N) is 1. The zero-order valence-electron chi connectivity index (χ0n) is 12.5. The quantitative estimate of drug-likeness (QED) is 0.811. The smallest absolute Gasteiger partial charge is 0.223 e. The minimum Gasteiger partial charge on any atom is -0.486 e. The van der Waals surface area contributed by atoms with Gasteiger partial charge in [0.1, 0.15) is 13.2 Å². The fourth-order valence-corrected chi connectivity index (χ4v) is 2.82. The lowest BCUT2D eigenvalue weighted by Gasteiger charge is -2.23. The Hall–Kier alpha value is -1.40. The van der Waals surface area contributed by atoms with Gasteiger partial charge in [-0.05, 0) is 25.1 Å². The van der Waals surface area contributed by atoms with E-state index in [4.69, 9.17) is 15.2 Å². The molecule has 0 fully saturated rings. The molecule has 0 aliphatic carbocycles. The highest BCUT2D eigenvalue weighted by atomic mass is 32.2. The van der Waals surface area contributed by atoms with Crippen molar-refractivity contribution in [3.63, 3.8) is 0 Å². The lowest BCUT2D eigenvalue weighted by molar-refractivity contribution is -0.131. The standard InChI is InChI=1S/C15H22N2O3S/c1-11(10-16)17(2)15(18)5-8-21-12-3-4-13-14(9-12)20-7-6-19-13/h3-4,9,11H,5-8,10,16H2,1-2H3. The molecule has 1 unspecified atom stereocenters. The van der Waals surface area contributed by atoms with Crippen molar-refractivity contribution >= 4 is 17.7 Å². The summed E-state index contributed by atoms with van der Waals surface area (Å²) in [5.74, 6) is 2.43. The van der Waals surface area contributed by atoms with E-state index >= 15 is 0 Å². The average molecular weight is 310 g/mol. The van der Waals surface area contributed by atoms with Crippen LogP contribution in [-0.4, -0.2) is 49.4 Å². The normalized spacial score (nSPS) is 14.6. The zero-order valence-corrected chi connectivity index (χ0v) is 13.3. The SMILES string of the molecule is CC(CN)N(C)C(=O)CCSc1ccc2c(c1)OCCO2. The first kappa shape index (κ1) is 16.0. The molecule has 0 saturated carbocycles. The molecule has 0 spiro atoms. The minimum atomic E-state index is 0.0804. The summed E-state index contributed by atoms with van der Waals surface area (Å²) in [6, 6.07) is 5.96. The summed E-state index contributed by atoms with van der Waals surface area (Å²) < 4.78 is 11.0. The first-order valence-electron chi connectivity index (χ1n) is 7.10. The third-order valence-electron chi connectivity index (χ3n) is 3.49. The Kier molecular flexibility index (Phi) is 5.76. The van der Waals surface area contributed by atoms with Gasteiger partial charge in [0.05, 0.1) is 0 Å². The molecule has 116 valence electrons. The zero-order chi connectivity index (χ0) is 15.2. The van der Waals surface area contributed by atoms with E-state index in [2.05, 4.69) is 0 Å². The van der Waals surface area contributed by atoms with Crippen LogP contribution in [0, 0.1) is 0 Å². The summed E-state index contributed by atoms with van der Waals surface area (Å²) in [5, 5.41) is 0. The predicted molar refractivity (Wildman–Crippen MR) is 84.1 cm³/mol. The molecule has 5 nitrogen and oxygen atoms in total. The molecule has 1 atom stereocenters. The van der Waals surface area contributed by atoms with Crippen LogP contribution < -0.4 is 15.2 Å². The summed E-state index contributed by atoms with van der Waals surface area (Å²) in [4.78, 5) is 14.8. The number of amides is 1. The van der Waals surface area contributed by atoms with Crippen LogP contribution in [0.15, 0.2) is 23.1 Å². The van der Waals surface area contributed by atoms with E-state index in [-0.39, 0.29) is 11.9 Å². The van der Waals surface area contributed by atoms with Gasteiger partial charge in [0.25, 0.3) is 0 Å². The van der Waals surface area contributed by atoms with Gasteiger partial charge in [0.2, 0.25) is 5.91 Å². The molecule has 1 amide bonds. The molecule has 6 heteroatoms. The Morgan fingerprint density at radius 3 is 2.81 bits per heavy atom. The van der Waals surface area contributed by atoms with Gasteiger partial charge in [-0.15, -0.1) is 11.8 Å². The molecular weight excluding hydrogens is 288 g/mol. The molecule has 1 heterocycles. The lowest BCUT2D eigenvalue weighted by Crippen LogP contribution is -2.39. The van der Waals surface area contributed by atoms with Crippen molar-refractivity contribution < 1.29 is 14.3 Å². The van der Waals surface area contributed by atoms with Crippen molar-refractivity contribution in [2.75, 3.05) is 32.6 Å². The van der Waals surface area contributed by atoms with Gasteiger partial charge in [0.15, 0.2) is 11.5 Å². The topological polar surface area (TPSA) is 64.8 Å². The fraction of sp³-hybridized carbons (Fsp3) is 0.533. The van der Waals surface area contributed by atoms with Crippen LogP contribution in [0.25, 0.3) is 0 Å². The first-order valence-corrected chi connectivity index (χ1v) is 8.08. The van der Waals surface area contributed by atoms with Crippen molar-refractivity contribution in [3.05, 3.63) is 18.2 Å². The van der Waals surface area contributed by atoms with Gasteiger partial charge in [-0.1, -0.05) is 0 Å². The second-order valence-corrected chi connectivity index (χ2v) is 6.16. The highest BCUT2D eigenvalue weighted by Gasteiger charge is 2.15. The maximum absolute atomic E-state index is 12.0. The van der Waals surface area contributed by atoms with Crippen LogP contribution in [0.2, 0.25) is 0 Å². The number of benzene rings is 1. The second-order valence-electron chi connectivity index (χ2n) is 4.99.